The molecule has 3 nitrogen and oxygen atoms in total. The SMILES string of the molecule is C[C@H](C[NH+]1[C@H](C)CCC[C@H]1C)OC(=O)c1ccc(C(C)(C)C)cc1. The molecule has 0 amide bonds. The Balaban J connectivity index is 1.93. The molecule has 134 valence electrons. The van der Waals surface area contributed by atoms with Crippen LogP contribution in [0.25, 0.3) is 0 Å². The maximum atomic E-state index is 12.4. The van der Waals surface area contributed by atoms with E-state index in [0.29, 0.717) is 17.6 Å². The lowest BCUT2D eigenvalue weighted by Crippen LogP contribution is -3.20. The number of hydrogen-bond acceptors (Lipinski definition) is 2. The number of hydrogen-bond donors (Lipinski definition) is 1. The highest BCUT2D eigenvalue weighted by atomic mass is 16.5. The predicted octanol–water partition coefficient (Wildman–Crippen LogP) is 3.38. The molecular weight excluding hydrogens is 298 g/mol. The van der Waals surface area contributed by atoms with Crippen LogP contribution >= 0.6 is 0 Å². The Morgan fingerprint density at radius 1 is 1.17 bits per heavy atom. The van der Waals surface area contributed by atoms with Gasteiger partial charge in [-0.25, -0.2) is 4.79 Å². The van der Waals surface area contributed by atoms with Crippen LogP contribution in [0.3, 0.4) is 0 Å². The van der Waals surface area contributed by atoms with E-state index < -0.39 is 0 Å². The quantitative estimate of drug-likeness (QED) is 0.857. The van der Waals surface area contributed by atoms with E-state index in [2.05, 4.69) is 34.6 Å². The van der Waals surface area contributed by atoms with E-state index in [1.165, 1.54) is 24.8 Å². The monoisotopic (exact) mass is 332 g/mol. The highest BCUT2D eigenvalue weighted by Gasteiger charge is 2.30. The van der Waals surface area contributed by atoms with E-state index in [9.17, 15) is 4.79 Å². The first-order valence-corrected chi connectivity index (χ1v) is 9.35. The molecule has 0 aromatic heterocycles. The lowest BCUT2D eigenvalue weighted by molar-refractivity contribution is -0.953. The summed E-state index contributed by atoms with van der Waals surface area (Å²) in [5.41, 5.74) is 1.97. The first-order valence-electron chi connectivity index (χ1n) is 9.35. The molecule has 0 unspecified atom stereocenters. The number of rotatable bonds is 4. The lowest BCUT2D eigenvalue weighted by atomic mass is 9.87. The van der Waals surface area contributed by atoms with Crippen molar-refractivity contribution in [3.05, 3.63) is 35.4 Å². The van der Waals surface area contributed by atoms with Crippen LogP contribution in [0.2, 0.25) is 0 Å². The molecule has 1 aliphatic rings. The van der Waals surface area contributed by atoms with Crippen molar-refractivity contribution in [3.63, 3.8) is 0 Å². The minimum absolute atomic E-state index is 0.0576. The number of likely N-dealkylation sites (tertiary alicyclic amines) is 1. The predicted molar refractivity (Wildman–Crippen MR) is 98.6 cm³/mol. The molecule has 1 aliphatic heterocycles. The lowest BCUT2D eigenvalue weighted by Gasteiger charge is -2.37. The maximum Gasteiger partial charge on any atom is 0.338 e. The third-order valence-corrected chi connectivity index (χ3v) is 5.36. The second-order valence-corrected chi connectivity index (χ2v) is 8.56. The van der Waals surface area contributed by atoms with Crippen LogP contribution in [0, 0.1) is 0 Å². The van der Waals surface area contributed by atoms with Gasteiger partial charge in [0.05, 0.1) is 17.6 Å². The molecule has 1 aromatic rings. The first-order chi connectivity index (χ1) is 11.2. The van der Waals surface area contributed by atoms with Crippen molar-refractivity contribution in [2.75, 3.05) is 6.54 Å². The second-order valence-electron chi connectivity index (χ2n) is 8.56. The van der Waals surface area contributed by atoms with Crippen LogP contribution in [0.5, 0.6) is 0 Å². The molecule has 1 heterocycles. The third-order valence-electron chi connectivity index (χ3n) is 5.36. The Hall–Kier alpha value is -1.35. The Labute approximate surface area is 147 Å². The van der Waals surface area contributed by atoms with Gasteiger partial charge in [-0.1, -0.05) is 32.9 Å². The summed E-state index contributed by atoms with van der Waals surface area (Å²) in [4.78, 5) is 14.0. The minimum Gasteiger partial charge on any atom is -0.453 e. The topological polar surface area (TPSA) is 30.7 Å². The van der Waals surface area contributed by atoms with E-state index in [0.717, 1.165) is 6.54 Å². The Morgan fingerprint density at radius 2 is 1.71 bits per heavy atom. The number of esters is 1. The van der Waals surface area contributed by atoms with Crippen LogP contribution in [0.1, 0.15) is 76.7 Å². The van der Waals surface area contributed by atoms with Crippen molar-refractivity contribution in [2.45, 2.75) is 84.4 Å². The molecule has 0 bridgehead atoms. The average molecular weight is 333 g/mol. The van der Waals surface area contributed by atoms with Crippen molar-refractivity contribution >= 4 is 5.97 Å². The zero-order valence-electron chi connectivity index (χ0n) is 16.2. The minimum atomic E-state index is -0.209. The van der Waals surface area contributed by atoms with Crippen LogP contribution in [-0.2, 0) is 10.2 Å². The normalized spacial score (nSPS) is 23.8. The second kappa shape index (κ2) is 7.69. The van der Waals surface area contributed by atoms with Crippen LogP contribution in [-0.4, -0.2) is 30.7 Å². The summed E-state index contributed by atoms with van der Waals surface area (Å²) in [5, 5.41) is 0. The van der Waals surface area contributed by atoms with Gasteiger partial charge >= 0.3 is 5.97 Å². The van der Waals surface area contributed by atoms with Crippen molar-refractivity contribution in [2.24, 2.45) is 0 Å². The van der Waals surface area contributed by atoms with Gasteiger partial charge in [0.15, 0.2) is 0 Å². The smallest absolute Gasteiger partial charge is 0.338 e. The summed E-state index contributed by atoms with van der Waals surface area (Å²) in [6.07, 6.45) is 3.81. The number of quaternary nitrogens is 1. The number of piperidine rings is 1. The summed E-state index contributed by atoms with van der Waals surface area (Å²) in [5.74, 6) is -0.209. The summed E-state index contributed by atoms with van der Waals surface area (Å²) < 4.78 is 5.70. The molecule has 1 fully saturated rings. The number of nitrogens with one attached hydrogen (secondary N) is 1. The van der Waals surface area contributed by atoms with Gasteiger partial charge in [0.25, 0.3) is 0 Å². The largest absolute Gasteiger partial charge is 0.453 e. The number of benzene rings is 1. The van der Waals surface area contributed by atoms with Gasteiger partial charge < -0.3 is 9.64 Å². The number of carbonyl (C=O) groups is 1. The Bertz CT molecular complexity index is 534. The molecular formula is C21H34NO2+. The highest BCUT2D eigenvalue weighted by molar-refractivity contribution is 5.89. The van der Waals surface area contributed by atoms with E-state index >= 15 is 0 Å². The van der Waals surface area contributed by atoms with Crippen molar-refractivity contribution in [1.82, 2.24) is 0 Å². The van der Waals surface area contributed by atoms with E-state index in [4.69, 9.17) is 4.74 Å². The van der Waals surface area contributed by atoms with Crippen LogP contribution in [0.15, 0.2) is 24.3 Å². The Kier molecular flexibility index (Phi) is 6.08. The highest BCUT2D eigenvalue weighted by Crippen LogP contribution is 2.22. The van der Waals surface area contributed by atoms with E-state index in [-0.39, 0.29) is 17.5 Å². The van der Waals surface area contributed by atoms with Crippen molar-refractivity contribution in [1.29, 1.82) is 0 Å². The number of carbonyl (C=O) groups excluding carboxylic acids is 1. The molecule has 0 saturated carbocycles. The molecule has 0 aliphatic carbocycles. The molecule has 1 N–H and O–H groups in total. The fraction of sp³-hybridized carbons (Fsp3) is 0.667. The van der Waals surface area contributed by atoms with E-state index in [1.54, 1.807) is 4.90 Å². The maximum absolute atomic E-state index is 12.4. The standard InChI is InChI=1S/C21H33NO2/c1-15-8-7-9-16(2)22(15)14-17(3)24-20(23)18-10-12-19(13-11-18)21(4,5)6/h10-13,15-17H,7-9,14H2,1-6H3/p+1/t15-,16-,17-/m1/s1. The van der Waals surface area contributed by atoms with Crippen molar-refractivity contribution < 1.29 is 14.4 Å². The molecule has 24 heavy (non-hydrogen) atoms. The molecule has 0 spiro atoms. The molecule has 2 rings (SSSR count). The summed E-state index contributed by atoms with van der Waals surface area (Å²) in [6, 6.07) is 9.13. The zero-order chi connectivity index (χ0) is 17.9. The third kappa shape index (κ3) is 4.83. The van der Waals surface area contributed by atoms with Crippen LogP contribution < -0.4 is 4.90 Å². The van der Waals surface area contributed by atoms with Gasteiger partial charge in [-0.2, -0.15) is 0 Å². The number of ether oxygens (including phenoxy) is 1. The zero-order valence-corrected chi connectivity index (χ0v) is 16.2. The van der Waals surface area contributed by atoms with Gasteiger partial charge in [0.2, 0.25) is 0 Å². The molecule has 3 heteroatoms. The molecule has 1 saturated heterocycles. The Morgan fingerprint density at radius 3 is 2.21 bits per heavy atom. The first kappa shape index (κ1) is 19.0. The van der Waals surface area contributed by atoms with Crippen molar-refractivity contribution in [3.8, 4) is 0 Å². The van der Waals surface area contributed by atoms with Gasteiger partial charge in [-0.05, 0) is 63.1 Å². The van der Waals surface area contributed by atoms with Gasteiger partial charge in [0, 0.05) is 0 Å². The van der Waals surface area contributed by atoms with Crippen LogP contribution in [0.4, 0.5) is 0 Å². The van der Waals surface area contributed by atoms with Gasteiger partial charge in [-0.3, -0.25) is 0 Å². The average Bonchev–Trinajstić information content (AvgIpc) is 2.50. The summed E-state index contributed by atoms with van der Waals surface area (Å²) >= 11 is 0. The van der Waals surface area contributed by atoms with E-state index in [1.807, 2.05) is 31.2 Å². The molecule has 1 aromatic carbocycles. The fourth-order valence-corrected chi connectivity index (χ4v) is 3.72. The van der Waals surface area contributed by atoms with Gasteiger partial charge in [0.1, 0.15) is 12.6 Å². The summed E-state index contributed by atoms with van der Waals surface area (Å²) in [6.45, 7) is 14.1. The summed E-state index contributed by atoms with van der Waals surface area (Å²) in [7, 11) is 0. The van der Waals surface area contributed by atoms with Gasteiger partial charge in [-0.15, -0.1) is 0 Å². The molecule has 3 atom stereocenters. The fourth-order valence-electron chi connectivity index (χ4n) is 3.72. The molecule has 0 radical (unpaired) electrons.